The maximum absolute atomic E-state index is 5.71. The molecule has 3 aliphatic heterocycles. The zero-order valence-corrected chi connectivity index (χ0v) is 13.8. The Morgan fingerprint density at radius 3 is 2.87 bits per heavy atom. The normalized spacial score (nSPS) is 45.3. The summed E-state index contributed by atoms with van der Waals surface area (Å²) in [7, 11) is 1.80. The van der Waals surface area contributed by atoms with Crippen LogP contribution < -0.4 is 10.1 Å². The summed E-state index contributed by atoms with van der Waals surface area (Å²) in [5.74, 6) is 1.03. The van der Waals surface area contributed by atoms with Gasteiger partial charge in [-0.3, -0.25) is 4.90 Å². The number of anilines is 1. The topological polar surface area (TPSA) is 24.5 Å². The van der Waals surface area contributed by atoms with Crippen LogP contribution in [0, 0.1) is 5.41 Å². The van der Waals surface area contributed by atoms with E-state index >= 15 is 0 Å². The Bertz CT molecular complexity index is 731. The summed E-state index contributed by atoms with van der Waals surface area (Å²) in [4.78, 5) is 2.78. The van der Waals surface area contributed by atoms with E-state index in [0.717, 1.165) is 12.3 Å². The molecule has 3 spiro atoms. The molecule has 1 N–H and O–H groups in total. The summed E-state index contributed by atoms with van der Waals surface area (Å²) in [6.45, 7) is 2.39. The van der Waals surface area contributed by atoms with E-state index in [-0.39, 0.29) is 11.0 Å². The van der Waals surface area contributed by atoms with Gasteiger partial charge in [0.15, 0.2) is 0 Å². The number of hydrogen-bond acceptors (Lipinski definition) is 3. The smallest absolute Gasteiger partial charge is 0.142 e. The van der Waals surface area contributed by atoms with E-state index in [1.807, 2.05) is 0 Å². The minimum atomic E-state index is 0.260. The molecule has 0 aromatic heterocycles. The summed E-state index contributed by atoms with van der Waals surface area (Å²) < 4.78 is 5.71. The Balaban J connectivity index is 1.67. The number of nitrogens with zero attached hydrogens (tertiary/aromatic N) is 1. The number of benzene rings is 1. The van der Waals surface area contributed by atoms with Gasteiger partial charge >= 0.3 is 0 Å². The van der Waals surface area contributed by atoms with Gasteiger partial charge in [0.2, 0.25) is 0 Å². The Kier molecular flexibility index (Phi) is 2.11. The van der Waals surface area contributed by atoms with E-state index in [9.17, 15) is 0 Å². The van der Waals surface area contributed by atoms with Gasteiger partial charge in [0, 0.05) is 29.0 Å². The van der Waals surface area contributed by atoms with Gasteiger partial charge in [0.25, 0.3) is 0 Å². The van der Waals surface area contributed by atoms with Crippen LogP contribution in [-0.2, 0) is 5.41 Å². The van der Waals surface area contributed by atoms with Gasteiger partial charge < -0.3 is 10.1 Å². The van der Waals surface area contributed by atoms with Crippen LogP contribution in [0.15, 0.2) is 30.4 Å². The minimum absolute atomic E-state index is 0.260. The molecule has 3 heterocycles. The molecule has 4 fully saturated rings. The fourth-order valence-electron chi connectivity index (χ4n) is 7.21. The zero-order chi connectivity index (χ0) is 15.3. The number of fused-ring (bicyclic) bond motifs is 3. The standard InChI is InChI=1S/C20H24N2O/c1-23-15-5-2-4-14-16(15)21-19-9-7-18(8-10-19)6-3-12-22-13-11-20(14,19)17(18)22/h2-6,17,21H,7-13H2,1H3/t17-,18?,19?,20+/m0/s1. The highest BCUT2D eigenvalue weighted by Gasteiger charge is 2.74. The first kappa shape index (κ1) is 12.9. The van der Waals surface area contributed by atoms with Crippen LogP contribution in [0.4, 0.5) is 5.69 Å². The third-order valence-electron chi connectivity index (χ3n) is 7.94. The van der Waals surface area contributed by atoms with Crippen LogP contribution >= 0.6 is 0 Å². The van der Waals surface area contributed by atoms with E-state index in [0.29, 0.717) is 11.5 Å². The first-order valence-corrected chi connectivity index (χ1v) is 9.12. The second kappa shape index (κ2) is 3.77. The predicted octanol–water partition coefficient (Wildman–Crippen LogP) is 3.32. The molecule has 1 saturated heterocycles. The molecule has 0 radical (unpaired) electrons. The number of methoxy groups -OCH3 is 1. The van der Waals surface area contributed by atoms with Gasteiger partial charge in [0.05, 0.1) is 12.8 Å². The lowest BCUT2D eigenvalue weighted by atomic mass is 9.43. The van der Waals surface area contributed by atoms with Gasteiger partial charge in [0.1, 0.15) is 5.75 Å². The van der Waals surface area contributed by atoms with Crippen LogP contribution in [0.25, 0.3) is 0 Å². The second-order valence-electron chi connectivity index (χ2n) is 8.34. The first-order valence-electron chi connectivity index (χ1n) is 9.12. The molecule has 3 heteroatoms. The number of hydrogen-bond donors (Lipinski definition) is 1. The maximum atomic E-state index is 5.71. The fourth-order valence-corrected chi connectivity index (χ4v) is 7.21. The van der Waals surface area contributed by atoms with Crippen molar-refractivity contribution in [1.29, 1.82) is 0 Å². The van der Waals surface area contributed by atoms with Gasteiger partial charge in [-0.25, -0.2) is 0 Å². The van der Waals surface area contributed by atoms with Crippen LogP contribution in [0.3, 0.4) is 0 Å². The number of nitrogens with one attached hydrogen (secondary N) is 1. The van der Waals surface area contributed by atoms with Crippen molar-refractivity contribution in [2.24, 2.45) is 5.41 Å². The molecule has 2 bridgehead atoms. The summed E-state index contributed by atoms with van der Waals surface area (Å²) in [5.41, 5.74) is 3.81. The third-order valence-corrected chi connectivity index (χ3v) is 7.94. The summed E-state index contributed by atoms with van der Waals surface area (Å²) in [6, 6.07) is 7.38. The molecule has 0 amide bonds. The molecule has 23 heavy (non-hydrogen) atoms. The molecular weight excluding hydrogens is 284 g/mol. The number of ether oxygens (including phenoxy) is 1. The average Bonchev–Trinajstić information content (AvgIpc) is 3.13. The molecule has 3 aliphatic carbocycles. The lowest BCUT2D eigenvalue weighted by molar-refractivity contribution is -0.0484. The molecule has 3 nitrogen and oxygen atoms in total. The van der Waals surface area contributed by atoms with Crippen molar-refractivity contribution in [3.63, 3.8) is 0 Å². The van der Waals surface area contributed by atoms with E-state index in [4.69, 9.17) is 4.74 Å². The van der Waals surface area contributed by atoms with Gasteiger partial charge in [-0.15, -0.1) is 0 Å². The van der Waals surface area contributed by atoms with Gasteiger partial charge in [-0.05, 0) is 50.3 Å². The van der Waals surface area contributed by atoms with E-state index in [2.05, 4.69) is 40.6 Å². The molecule has 1 aromatic rings. The van der Waals surface area contributed by atoms with Crippen molar-refractivity contribution >= 4 is 5.69 Å². The van der Waals surface area contributed by atoms with Crippen LogP contribution in [0.2, 0.25) is 0 Å². The van der Waals surface area contributed by atoms with Crippen molar-refractivity contribution in [3.05, 3.63) is 35.9 Å². The first-order chi connectivity index (χ1) is 11.2. The fraction of sp³-hybridized carbons (Fsp3) is 0.600. The SMILES string of the molecule is COc1cccc2c1NC13CCC4(C=CCN5CC[C@]21[C@@H]54)CC3. The van der Waals surface area contributed by atoms with Crippen LogP contribution in [-0.4, -0.2) is 36.7 Å². The average molecular weight is 308 g/mol. The minimum Gasteiger partial charge on any atom is -0.495 e. The highest BCUT2D eigenvalue weighted by atomic mass is 16.5. The van der Waals surface area contributed by atoms with E-state index in [1.54, 1.807) is 12.7 Å². The summed E-state index contributed by atoms with van der Waals surface area (Å²) >= 11 is 0. The Labute approximate surface area is 137 Å². The number of rotatable bonds is 1. The number of para-hydroxylation sites is 1. The molecule has 2 atom stereocenters. The molecule has 0 unspecified atom stereocenters. The maximum Gasteiger partial charge on any atom is 0.142 e. The highest BCUT2D eigenvalue weighted by Crippen LogP contribution is 2.72. The van der Waals surface area contributed by atoms with Crippen LogP contribution in [0.1, 0.15) is 37.7 Å². The van der Waals surface area contributed by atoms with Crippen molar-refractivity contribution in [3.8, 4) is 5.75 Å². The highest BCUT2D eigenvalue weighted by molar-refractivity contribution is 5.74. The molecular formula is C20H24N2O. The Morgan fingerprint density at radius 2 is 2.04 bits per heavy atom. The van der Waals surface area contributed by atoms with Gasteiger partial charge in [-0.1, -0.05) is 24.3 Å². The summed E-state index contributed by atoms with van der Waals surface area (Å²) in [6.07, 6.45) is 11.6. The summed E-state index contributed by atoms with van der Waals surface area (Å²) in [5, 5.41) is 4.03. The Hall–Kier alpha value is -1.48. The lowest BCUT2D eigenvalue weighted by Gasteiger charge is -2.65. The van der Waals surface area contributed by atoms with E-state index < -0.39 is 0 Å². The molecule has 120 valence electrons. The predicted molar refractivity (Wildman–Crippen MR) is 91.0 cm³/mol. The van der Waals surface area contributed by atoms with Crippen molar-refractivity contribution in [1.82, 2.24) is 4.90 Å². The molecule has 3 saturated carbocycles. The molecule has 6 aliphatic rings. The van der Waals surface area contributed by atoms with Crippen molar-refractivity contribution in [2.75, 3.05) is 25.5 Å². The van der Waals surface area contributed by atoms with Crippen molar-refractivity contribution < 1.29 is 4.74 Å². The third kappa shape index (κ3) is 1.17. The Morgan fingerprint density at radius 1 is 1.17 bits per heavy atom. The zero-order valence-electron chi connectivity index (χ0n) is 13.8. The molecule has 1 aromatic carbocycles. The molecule has 7 rings (SSSR count). The van der Waals surface area contributed by atoms with Crippen molar-refractivity contribution in [2.45, 2.75) is 49.1 Å². The monoisotopic (exact) mass is 308 g/mol. The van der Waals surface area contributed by atoms with Crippen LogP contribution in [0.5, 0.6) is 5.75 Å². The quantitative estimate of drug-likeness (QED) is 0.806. The lowest BCUT2D eigenvalue weighted by Crippen LogP contribution is -2.71. The van der Waals surface area contributed by atoms with E-state index in [1.165, 1.54) is 44.3 Å². The largest absolute Gasteiger partial charge is 0.495 e. The van der Waals surface area contributed by atoms with Gasteiger partial charge in [-0.2, -0.15) is 0 Å². The second-order valence-corrected chi connectivity index (χ2v) is 8.34.